The molecule has 0 aliphatic heterocycles. The Hall–Kier alpha value is -3.13. The van der Waals surface area contributed by atoms with Gasteiger partial charge in [-0.2, -0.15) is 0 Å². The average molecular weight is 392 g/mol. The lowest BCUT2D eigenvalue weighted by Gasteiger charge is -2.17. The summed E-state index contributed by atoms with van der Waals surface area (Å²) in [6.45, 7) is -0.741. The first-order valence-corrected chi connectivity index (χ1v) is 8.24. The van der Waals surface area contributed by atoms with E-state index in [9.17, 15) is 14.4 Å². The number of aromatic nitrogens is 1. The van der Waals surface area contributed by atoms with Gasteiger partial charge in [0, 0.05) is 18.3 Å². The van der Waals surface area contributed by atoms with Crippen molar-refractivity contribution in [2.75, 3.05) is 32.6 Å². The number of ether oxygens (including phenoxy) is 2. The van der Waals surface area contributed by atoms with Crippen LogP contribution in [0.3, 0.4) is 0 Å². The molecule has 1 aromatic heterocycles. The molecule has 0 saturated carbocycles. The number of hydrogen-bond donors (Lipinski definition) is 1. The van der Waals surface area contributed by atoms with Crippen molar-refractivity contribution in [3.8, 4) is 5.75 Å². The SMILES string of the molecule is COc1ccc(Cl)cc1NC(=O)CN(C)C(=O)COC(=O)c1ccccn1. The molecule has 0 saturated heterocycles. The summed E-state index contributed by atoms with van der Waals surface area (Å²) in [5.74, 6) is -1.27. The number of amides is 2. The molecule has 0 unspecified atom stereocenters. The molecule has 2 rings (SSSR count). The lowest BCUT2D eigenvalue weighted by molar-refractivity contribution is -0.136. The smallest absolute Gasteiger partial charge is 0.357 e. The van der Waals surface area contributed by atoms with Crippen LogP contribution in [0.25, 0.3) is 0 Å². The second kappa shape index (κ2) is 9.54. The van der Waals surface area contributed by atoms with Crippen LogP contribution < -0.4 is 10.1 Å². The third-order valence-corrected chi connectivity index (χ3v) is 3.68. The van der Waals surface area contributed by atoms with Crippen molar-refractivity contribution in [2.24, 2.45) is 0 Å². The zero-order chi connectivity index (χ0) is 19.8. The zero-order valence-corrected chi connectivity index (χ0v) is 15.5. The minimum atomic E-state index is -0.717. The van der Waals surface area contributed by atoms with Crippen molar-refractivity contribution >= 4 is 35.1 Å². The molecule has 142 valence electrons. The first kappa shape index (κ1) is 20.2. The first-order chi connectivity index (χ1) is 12.9. The molecule has 1 heterocycles. The van der Waals surface area contributed by atoms with E-state index in [1.54, 1.807) is 24.3 Å². The Bertz CT molecular complexity index is 829. The highest BCUT2D eigenvalue weighted by atomic mass is 35.5. The van der Waals surface area contributed by atoms with Crippen molar-refractivity contribution in [2.45, 2.75) is 0 Å². The number of nitrogens with one attached hydrogen (secondary N) is 1. The highest BCUT2D eigenvalue weighted by Gasteiger charge is 2.17. The molecular weight excluding hydrogens is 374 g/mol. The fourth-order valence-corrected chi connectivity index (χ4v) is 2.24. The number of halogens is 1. The number of anilines is 1. The van der Waals surface area contributed by atoms with E-state index in [1.165, 1.54) is 32.5 Å². The molecule has 2 aromatic rings. The summed E-state index contributed by atoms with van der Waals surface area (Å²) < 4.78 is 10.0. The van der Waals surface area contributed by atoms with Crippen LogP contribution in [-0.2, 0) is 14.3 Å². The number of rotatable bonds is 7. The molecule has 8 nitrogen and oxygen atoms in total. The van der Waals surface area contributed by atoms with Crippen molar-refractivity contribution in [3.05, 3.63) is 53.3 Å². The van der Waals surface area contributed by atoms with Gasteiger partial charge in [-0.1, -0.05) is 17.7 Å². The van der Waals surface area contributed by atoms with Gasteiger partial charge in [0.05, 0.1) is 19.3 Å². The highest BCUT2D eigenvalue weighted by molar-refractivity contribution is 6.31. The molecule has 0 fully saturated rings. The van der Waals surface area contributed by atoms with E-state index in [-0.39, 0.29) is 12.2 Å². The summed E-state index contributed by atoms with van der Waals surface area (Å²) in [7, 11) is 2.89. The summed E-state index contributed by atoms with van der Waals surface area (Å²) in [6.07, 6.45) is 1.44. The summed E-state index contributed by atoms with van der Waals surface area (Å²) in [5, 5.41) is 3.05. The Morgan fingerprint density at radius 3 is 2.67 bits per heavy atom. The summed E-state index contributed by atoms with van der Waals surface area (Å²) >= 11 is 5.91. The molecule has 0 bridgehead atoms. The van der Waals surface area contributed by atoms with Crippen LogP contribution in [0.15, 0.2) is 42.6 Å². The molecular formula is C18H18ClN3O5. The van der Waals surface area contributed by atoms with Crippen molar-refractivity contribution in [1.82, 2.24) is 9.88 Å². The van der Waals surface area contributed by atoms with E-state index in [4.69, 9.17) is 21.1 Å². The second-order valence-electron chi connectivity index (χ2n) is 5.43. The maximum atomic E-state index is 12.1. The molecule has 1 aromatic carbocycles. The number of esters is 1. The Kier molecular flexibility index (Phi) is 7.13. The summed E-state index contributed by atoms with van der Waals surface area (Å²) in [4.78, 5) is 40.9. The monoisotopic (exact) mass is 391 g/mol. The lowest BCUT2D eigenvalue weighted by atomic mass is 10.3. The van der Waals surface area contributed by atoms with Crippen LogP contribution in [-0.4, -0.2) is 55.0 Å². The predicted molar refractivity (Wildman–Crippen MR) is 98.8 cm³/mol. The lowest BCUT2D eigenvalue weighted by Crippen LogP contribution is -2.37. The molecule has 0 atom stereocenters. The molecule has 0 aliphatic carbocycles. The molecule has 9 heteroatoms. The van der Waals surface area contributed by atoms with Gasteiger partial charge in [-0.05, 0) is 30.3 Å². The summed E-state index contributed by atoms with van der Waals surface area (Å²) in [5.41, 5.74) is 0.483. The van der Waals surface area contributed by atoms with Gasteiger partial charge in [-0.15, -0.1) is 0 Å². The standard InChI is InChI=1S/C18H18ClN3O5/c1-22(17(24)11-27-18(25)13-5-3-4-8-20-13)10-16(23)21-14-9-12(19)6-7-15(14)26-2/h3-9H,10-11H2,1-2H3,(H,21,23). The maximum absolute atomic E-state index is 12.1. The number of hydrogen-bond acceptors (Lipinski definition) is 6. The van der Waals surface area contributed by atoms with E-state index in [2.05, 4.69) is 10.3 Å². The van der Waals surface area contributed by atoms with Crippen LogP contribution in [0, 0.1) is 0 Å². The van der Waals surface area contributed by atoms with E-state index in [1.807, 2.05) is 0 Å². The van der Waals surface area contributed by atoms with Crippen LogP contribution in [0.5, 0.6) is 5.75 Å². The van der Waals surface area contributed by atoms with Crippen molar-refractivity contribution in [1.29, 1.82) is 0 Å². The zero-order valence-electron chi connectivity index (χ0n) is 14.8. The van der Waals surface area contributed by atoms with Gasteiger partial charge in [0.15, 0.2) is 6.61 Å². The molecule has 0 aliphatic rings. The number of carbonyl (C=O) groups is 3. The van der Waals surface area contributed by atoms with Gasteiger partial charge in [-0.25, -0.2) is 9.78 Å². The van der Waals surface area contributed by atoms with Crippen molar-refractivity contribution in [3.63, 3.8) is 0 Å². The van der Waals surface area contributed by atoms with E-state index < -0.39 is 24.4 Å². The minimum Gasteiger partial charge on any atom is -0.495 e. The number of likely N-dealkylation sites (N-methyl/N-ethyl adjacent to an activating group) is 1. The van der Waals surface area contributed by atoms with Gasteiger partial charge >= 0.3 is 5.97 Å². The third-order valence-electron chi connectivity index (χ3n) is 3.44. The molecule has 0 spiro atoms. The van der Waals surface area contributed by atoms with Gasteiger partial charge in [0.25, 0.3) is 5.91 Å². The second-order valence-corrected chi connectivity index (χ2v) is 5.87. The number of benzene rings is 1. The number of methoxy groups -OCH3 is 1. The summed E-state index contributed by atoms with van der Waals surface area (Å²) in [6, 6.07) is 9.54. The van der Waals surface area contributed by atoms with Crippen molar-refractivity contribution < 1.29 is 23.9 Å². The normalized spacial score (nSPS) is 10.0. The van der Waals surface area contributed by atoms with Gasteiger partial charge in [0.2, 0.25) is 5.91 Å². The van der Waals surface area contributed by atoms with Crippen LogP contribution in [0.2, 0.25) is 5.02 Å². The van der Waals surface area contributed by atoms with E-state index in [0.717, 1.165) is 4.90 Å². The Morgan fingerprint density at radius 2 is 2.00 bits per heavy atom. The quantitative estimate of drug-likeness (QED) is 0.725. The predicted octanol–water partition coefficient (Wildman–Crippen LogP) is 2.00. The van der Waals surface area contributed by atoms with E-state index in [0.29, 0.717) is 16.5 Å². The Balaban J connectivity index is 1.86. The van der Waals surface area contributed by atoms with Crippen LogP contribution in [0.1, 0.15) is 10.5 Å². The van der Waals surface area contributed by atoms with Crippen LogP contribution >= 0.6 is 11.6 Å². The van der Waals surface area contributed by atoms with Crippen LogP contribution in [0.4, 0.5) is 5.69 Å². The van der Waals surface area contributed by atoms with Gasteiger partial charge < -0.3 is 19.7 Å². The number of nitrogens with zero attached hydrogens (tertiary/aromatic N) is 2. The molecule has 27 heavy (non-hydrogen) atoms. The van der Waals surface area contributed by atoms with Gasteiger partial charge in [0.1, 0.15) is 11.4 Å². The molecule has 2 amide bonds. The largest absolute Gasteiger partial charge is 0.495 e. The minimum absolute atomic E-state index is 0.0961. The van der Waals surface area contributed by atoms with Gasteiger partial charge in [-0.3, -0.25) is 9.59 Å². The fourth-order valence-electron chi connectivity index (χ4n) is 2.07. The average Bonchev–Trinajstić information content (AvgIpc) is 2.66. The maximum Gasteiger partial charge on any atom is 0.357 e. The Labute approximate surface area is 161 Å². The third kappa shape index (κ3) is 5.96. The highest BCUT2D eigenvalue weighted by Crippen LogP contribution is 2.27. The number of carbonyl (C=O) groups excluding carboxylic acids is 3. The molecule has 0 radical (unpaired) electrons. The Morgan fingerprint density at radius 1 is 1.22 bits per heavy atom. The number of pyridine rings is 1. The topological polar surface area (TPSA) is 97.8 Å². The first-order valence-electron chi connectivity index (χ1n) is 7.86. The molecule has 1 N–H and O–H groups in total. The fraction of sp³-hybridized carbons (Fsp3) is 0.222. The van der Waals surface area contributed by atoms with E-state index >= 15 is 0 Å².